The van der Waals surface area contributed by atoms with Crippen LogP contribution in [0.5, 0.6) is 5.75 Å². The SMILES string of the molecule is Cc1csc2nc(C3=Cc4ccc(N5C[C@@H](C)N[C@@H](C)C5)cc4OC3O)cn12. The molecule has 3 atom stereocenters. The Hall–Kier alpha value is -2.35. The average molecular weight is 397 g/mol. The van der Waals surface area contributed by atoms with Gasteiger partial charge in [-0.15, -0.1) is 11.3 Å². The molecule has 0 spiro atoms. The fourth-order valence-corrected chi connectivity index (χ4v) is 4.99. The third kappa shape index (κ3) is 2.99. The molecule has 2 N–H and O–H groups in total. The Morgan fingerprint density at radius 2 is 2.04 bits per heavy atom. The van der Waals surface area contributed by atoms with Crippen LogP contribution >= 0.6 is 11.3 Å². The Labute approximate surface area is 168 Å². The summed E-state index contributed by atoms with van der Waals surface area (Å²) in [5, 5.41) is 16.3. The van der Waals surface area contributed by atoms with Crippen LogP contribution in [0.15, 0.2) is 29.8 Å². The molecule has 6 nitrogen and oxygen atoms in total. The number of nitrogens with one attached hydrogen (secondary N) is 1. The Morgan fingerprint density at radius 1 is 1.25 bits per heavy atom. The Kier molecular flexibility index (Phi) is 4.19. The molecule has 0 amide bonds. The third-order valence-corrected chi connectivity index (χ3v) is 6.38. The second kappa shape index (κ2) is 6.62. The lowest BCUT2D eigenvalue weighted by atomic mass is 10.0. The van der Waals surface area contributed by atoms with Gasteiger partial charge < -0.3 is 20.1 Å². The van der Waals surface area contributed by atoms with Crippen molar-refractivity contribution >= 4 is 33.6 Å². The zero-order valence-corrected chi connectivity index (χ0v) is 17.0. The van der Waals surface area contributed by atoms with Crippen molar-refractivity contribution in [3.63, 3.8) is 0 Å². The van der Waals surface area contributed by atoms with Crippen molar-refractivity contribution in [1.82, 2.24) is 14.7 Å². The molecule has 2 aliphatic rings. The highest BCUT2D eigenvalue weighted by atomic mass is 32.1. The van der Waals surface area contributed by atoms with Crippen molar-refractivity contribution in [2.75, 3.05) is 18.0 Å². The monoisotopic (exact) mass is 396 g/mol. The number of nitrogens with zero attached hydrogens (tertiary/aromatic N) is 3. The van der Waals surface area contributed by atoms with Gasteiger partial charge in [-0.1, -0.05) is 0 Å². The van der Waals surface area contributed by atoms with E-state index in [0.717, 1.165) is 40.7 Å². The fraction of sp³-hybridized carbons (Fsp3) is 0.381. The topological polar surface area (TPSA) is 62.0 Å². The minimum atomic E-state index is -1.02. The van der Waals surface area contributed by atoms with Crippen LogP contribution in [0.2, 0.25) is 0 Å². The molecule has 2 aromatic heterocycles. The fourth-order valence-electron chi connectivity index (χ4n) is 4.13. The third-order valence-electron chi connectivity index (χ3n) is 5.42. The summed E-state index contributed by atoms with van der Waals surface area (Å²) in [6.45, 7) is 8.36. The number of aliphatic hydroxyl groups excluding tert-OH is 1. The van der Waals surface area contributed by atoms with Crippen molar-refractivity contribution in [1.29, 1.82) is 0 Å². The zero-order chi connectivity index (χ0) is 19.4. The molecule has 3 aromatic rings. The van der Waals surface area contributed by atoms with Crippen LogP contribution in [-0.2, 0) is 0 Å². The van der Waals surface area contributed by atoms with Crippen LogP contribution in [-0.4, -0.2) is 46.0 Å². The first-order valence-corrected chi connectivity index (χ1v) is 10.5. The van der Waals surface area contributed by atoms with Gasteiger partial charge in [0.05, 0.1) is 5.69 Å². The number of piperazine rings is 1. The number of aromatic nitrogens is 2. The van der Waals surface area contributed by atoms with Gasteiger partial charge in [0.25, 0.3) is 0 Å². The summed E-state index contributed by atoms with van der Waals surface area (Å²) in [6.07, 6.45) is 2.93. The number of imidazole rings is 1. The van der Waals surface area contributed by atoms with Crippen LogP contribution in [0.3, 0.4) is 0 Å². The first-order valence-electron chi connectivity index (χ1n) is 9.63. The molecule has 0 saturated carbocycles. The maximum Gasteiger partial charge on any atom is 0.226 e. The summed E-state index contributed by atoms with van der Waals surface area (Å²) >= 11 is 1.60. The lowest BCUT2D eigenvalue weighted by Gasteiger charge is -2.38. The van der Waals surface area contributed by atoms with Gasteiger partial charge in [-0.25, -0.2) is 4.98 Å². The van der Waals surface area contributed by atoms with E-state index in [1.165, 1.54) is 0 Å². The number of rotatable bonds is 2. The van der Waals surface area contributed by atoms with Gasteiger partial charge in [-0.3, -0.25) is 4.40 Å². The minimum Gasteiger partial charge on any atom is -0.460 e. The second-order valence-corrected chi connectivity index (χ2v) is 8.66. The number of aliphatic hydroxyl groups is 1. The number of hydrogen-bond donors (Lipinski definition) is 2. The summed E-state index contributed by atoms with van der Waals surface area (Å²) in [6, 6.07) is 7.12. The van der Waals surface area contributed by atoms with Gasteiger partial charge >= 0.3 is 0 Å². The van der Waals surface area contributed by atoms with Gasteiger partial charge in [0, 0.05) is 65.3 Å². The van der Waals surface area contributed by atoms with Crippen molar-refractivity contribution in [3.05, 3.63) is 46.7 Å². The smallest absolute Gasteiger partial charge is 0.226 e. The lowest BCUT2D eigenvalue weighted by Crippen LogP contribution is -2.54. The van der Waals surface area contributed by atoms with E-state index in [1.54, 1.807) is 11.3 Å². The van der Waals surface area contributed by atoms with E-state index in [0.29, 0.717) is 23.4 Å². The summed E-state index contributed by atoms with van der Waals surface area (Å²) in [5.41, 5.74) is 4.67. The largest absolute Gasteiger partial charge is 0.460 e. The van der Waals surface area contributed by atoms with Crippen LogP contribution in [0, 0.1) is 6.92 Å². The Morgan fingerprint density at radius 3 is 2.79 bits per heavy atom. The van der Waals surface area contributed by atoms with E-state index in [9.17, 15) is 5.11 Å². The molecule has 4 heterocycles. The Bertz CT molecular complexity index is 1060. The quantitative estimate of drug-likeness (QED) is 0.697. The van der Waals surface area contributed by atoms with Crippen LogP contribution in [0.25, 0.3) is 16.6 Å². The van der Waals surface area contributed by atoms with Crippen LogP contribution < -0.4 is 15.0 Å². The van der Waals surface area contributed by atoms with Crippen LogP contribution in [0.1, 0.15) is 30.8 Å². The first kappa shape index (κ1) is 17.7. The molecule has 146 valence electrons. The van der Waals surface area contributed by atoms with E-state index < -0.39 is 6.29 Å². The molecule has 1 saturated heterocycles. The highest BCUT2D eigenvalue weighted by Gasteiger charge is 2.26. The lowest BCUT2D eigenvalue weighted by molar-refractivity contribution is 0.0318. The molecule has 1 aromatic carbocycles. The summed E-state index contributed by atoms with van der Waals surface area (Å²) in [7, 11) is 0. The number of aryl methyl sites for hydroxylation is 1. The standard InChI is InChI=1S/C21H24N4O2S/c1-12-8-24(9-13(2)22-12)16-5-4-15-6-17(20(26)27-19(15)7-16)18-10-25-14(3)11-28-21(25)23-18/h4-7,10-13,20,22,26H,8-9H2,1-3H3/t12-,13+,20?. The highest BCUT2D eigenvalue weighted by molar-refractivity contribution is 7.15. The molecule has 28 heavy (non-hydrogen) atoms. The number of fused-ring (bicyclic) bond motifs is 2. The van der Waals surface area contributed by atoms with Crippen molar-refractivity contribution in [2.24, 2.45) is 0 Å². The predicted octanol–water partition coefficient (Wildman–Crippen LogP) is 3.14. The molecular formula is C21H24N4O2S. The maximum absolute atomic E-state index is 10.6. The summed E-state index contributed by atoms with van der Waals surface area (Å²) in [4.78, 5) is 7.93. The molecule has 1 unspecified atom stereocenters. The van der Waals surface area contributed by atoms with Gasteiger partial charge in [-0.05, 0) is 39.0 Å². The number of hydrogen-bond acceptors (Lipinski definition) is 6. The molecule has 5 rings (SSSR count). The van der Waals surface area contributed by atoms with E-state index >= 15 is 0 Å². The Balaban J connectivity index is 1.48. The van der Waals surface area contributed by atoms with Crippen molar-refractivity contribution in [3.8, 4) is 5.75 Å². The molecule has 0 bridgehead atoms. The minimum absolute atomic E-state index is 0.441. The molecule has 7 heteroatoms. The number of anilines is 1. The molecular weight excluding hydrogens is 372 g/mol. The molecule has 1 fully saturated rings. The summed E-state index contributed by atoms with van der Waals surface area (Å²) in [5.74, 6) is 0.713. The first-order chi connectivity index (χ1) is 13.5. The molecule has 0 radical (unpaired) electrons. The normalized spacial score (nSPS) is 24.8. The van der Waals surface area contributed by atoms with Crippen molar-refractivity contribution < 1.29 is 9.84 Å². The van der Waals surface area contributed by atoms with Crippen LogP contribution in [0.4, 0.5) is 5.69 Å². The number of thiazole rings is 1. The maximum atomic E-state index is 10.6. The zero-order valence-electron chi connectivity index (χ0n) is 16.2. The van der Waals surface area contributed by atoms with E-state index in [-0.39, 0.29) is 0 Å². The van der Waals surface area contributed by atoms with E-state index in [4.69, 9.17) is 4.74 Å². The number of ether oxygens (including phenoxy) is 1. The second-order valence-electron chi connectivity index (χ2n) is 7.82. The average Bonchev–Trinajstić information content (AvgIpc) is 3.22. The summed E-state index contributed by atoms with van der Waals surface area (Å²) < 4.78 is 7.93. The molecule has 2 aliphatic heterocycles. The van der Waals surface area contributed by atoms with Gasteiger partial charge in [0.1, 0.15) is 5.75 Å². The predicted molar refractivity (Wildman–Crippen MR) is 113 cm³/mol. The van der Waals surface area contributed by atoms with Gasteiger partial charge in [0.15, 0.2) is 4.96 Å². The van der Waals surface area contributed by atoms with E-state index in [2.05, 4.69) is 46.6 Å². The highest BCUT2D eigenvalue weighted by Crippen LogP contribution is 2.36. The van der Waals surface area contributed by atoms with E-state index in [1.807, 2.05) is 29.7 Å². The number of benzene rings is 1. The van der Waals surface area contributed by atoms with Crippen molar-refractivity contribution in [2.45, 2.75) is 39.1 Å². The van der Waals surface area contributed by atoms with Gasteiger partial charge in [0.2, 0.25) is 6.29 Å². The van der Waals surface area contributed by atoms with Gasteiger partial charge in [-0.2, -0.15) is 0 Å². The molecule has 0 aliphatic carbocycles.